The Balaban J connectivity index is 1.74. The van der Waals surface area contributed by atoms with E-state index in [0.717, 1.165) is 0 Å². The standard InChI is InChI=1S/C18H22BN5O3/c1-6-15-22-14(23-16(25)13-7-9-20-10-8-13)11-24(15)21-12-19-26-17(2,3)18(4,5)27-19/h6-12H,1H2,2-5H3,(H,23,25). The van der Waals surface area contributed by atoms with Crippen LogP contribution in [0.5, 0.6) is 0 Å². The minimum Gasteiger partial charge on any atom is -0.399 e. The van der Waals surface area contributed by atoms with E-state index < -0.39 is 18.3 Å². The Labute approximate surface area is 158 Å². The first-order valence-electron chi connectivity index (χ1n) is 8.55. The van der Waals surface area contributed by atoms with Gasteiger partial charge in [-0.3, -0.25) is 9.78 Å². The summed E-state index contributed by atoms with van der Waals surface area (Å²) in [5, 5.41) is 7.06. The Kier molecular flexibility index (Phi) is 4.99. The third-order valence-corrected chi connectivity index (χ3v) is 4.67. The van der Waals surface area contributed by atoms with Crippen molar-refractivity contribution in [1.29, 1.82) is 0 Å². The number of imidazole rings is 1. The van der Waals surface area contributed by atoms with Crippen molar-refractivity contribution >= 4 is 31.0 Å². The van der Waals surface area contributed by atoms with Gasteiger partial charge in [-0.05, 0) is 45.9 Å². The maximum atomic E-state index is 12.2. The van der Waals surface area contributed by atoms with Crippen molar-refractivity contribution in [3.8, 4) is 0 Å². The van der Waals surface area contributed by atoms with Gasteiger partial charge in [0.15, 0.2) is 11.6 Å². The zero-order chi connectivity index (χ0) is 19.7. The van der Waals surface area contributed by atoms with Crippen LogP contribution in [0, 0.1) is 0 Å². The molecule has 3 heterocycles. The SMILES string of the molecule is C=Cc1nc(NC(=O)c2ccncc2)cn1N=CB1OC(C)(C)C(C)(C)O1. The van der Waals surface area contributed by atoms with Crippen LogP contribution in [0.4, 0.5) is 5.82 Å². The number of hydrogen-bond acceptors (Lipinski definition) is 6. The molecule has 1 saturated heterocycles. The van der Waals surface area contributed by atoms with Crippen LogP contribution in [0.25, 0.3) is 6.08 Å². The zero-order valence-electron chi connectivity index (χ0n) is 15.8. The highest BCUT2D eigenvalue weighted by atomic mass is 16.7. The molecule has 8 nitrogen and oxygen atoms in total. The van der Waals surface area contributed by atoms with Crippen LogP contribution in [0.3, 0.4) is 0 Å². The maximum Gasteiger partial charge on any atom is 0.508 e. The molecule has 0 unspecified atom stereocenters. The molecule has 3 rings (SSSR count). The number of nitrogens with zero attached hydrogens (tertiary/aromatic N) is 4. The van der Waals surface area contributed by atoms with Crippen LogP contribution >= 0.6 is 0 Å². The minimum absolute atomic E-state index is 0.285. The van der Waals surface area contributed by atoms with Crippen LogP contribution in [0.2, 0.25) is 0 Å². The van der Waals surface area contributed by atoms with Crippen LogP contribution in [0.15, 0.2) is 42.4 Å². The predicted octanol–water partition coefficient (Wildman–Crippen LogP) is 2.64. The molecular formula is C18H22BN5O3. The van der Waals surface area contributed by atoms with Gasteiger partial charge in [-0.2, -0.15) is 5.10 Å². The summed E-state index contributed by atoms with van der Waals surface area (Å²) in [4.78, 5) is 20.4. The quantitative estimate of drug-likeness (QED) is 0.648. The van der Waals surface area contributed by atoms with Gasteiger partial charge in [0.2, 0.25) is 0 Å². The molecule has 1 fully saturated rings. The second-order valence-electron chi connectivity index (χ2n) is 7.11. The minimum atomic E-state index is -0.579. The van der Waals surface area contributed by atoms with Gasteiger partial charge in [-0.1, -0.05) is 6.58 Å². The Morgan fingerprint density at radius 3 is 2.48 bits per heavy atom. The maximum absolute atomic E-state index is 12.2. The molecule has 0 aliphatic carbocycles. The fourth-order valence-corrected chi connectivity index (χ4v) is 2.44. The summed E-state index contributed by atoms with van der Waals surface area (Å²) in [6.45, 7) is 11.6. The van der Waals surface area contributed by atoms with E-state index in [1.165, 1.54) is 4.68 Å². The molecule has 0 atom stereocenters. The lowest BCUT2D eigenvalue weighted by Crippen LogP contribution is -2.41. The first kappa shape index (κ1) is 19.0. The number of carbonyl (C=O) groups is 1. The highest BCUT2D eigenvalue weighted by Gasteiger charge is 2.50. The molecule has 140 valence electrons. The van der Waals surface area contributed by atoms with E-state index in [1.54, 1.807) is 42.9 Å². The lowest BCUT2D eigenvalue weighted by molar-refractivity contribution is 0.00578. The van der Waals surface area contributed by atoms with Gasteiger partial charge in [0.05, 0.1) is 23.5 Å². The monoisotopic (exact) mass is 367 g/mol. The van der Waals surface area contributed by atoms with Gasteiger partial charge in [-0.15, -0.1) is 0 Å². The summed E-state index contributed by atoms with van der Waals surface area (Å²) in [5.74, 6) is 0.554. The molecule has 0 bridgehead atoms. The molecule has 2 aromatic heterocycles. The largest absolute Gasteiger partial charge is 0.508 e. The van der Waals surface area contributed by atoms with Crippen LogP contribution in [-0.4, -0.2) is 45.0 Å². The summed E-state index contributed by atoms with van der Waals surface area (Å²) in [7, 11) is -0.579. The predicted molar refractivity (Wildman–Crippen MR) is 104 cm³/mol. The smallest absolute Gasteiger partial charge is 0.399 e. The summed E-state index contributed by atoms with van der Waals surface area (Å²) in [6, 6.07) is 3.24. The third-order valence-electron chi connectivity index (χ3n) is 4.67. The summed E-state index contributed by atoms with van der Waals surface area (Å²) >= 11 is 0. The molecule has 1 aliphatic heterocycles. The number of pyridine rings is 1. The van der Waals surface area contributed by atoms with Crippen molar-refractivity contribution in [1.82, 2.24) is 14.6 Å². The third kappa shape index (κ3) is 3.99. The average molecular weight is 367 g/mol. The van der Waals surface area contributed by atoms with Gasteiger partial charge < -0.3 is 14.6 Å². The number of amides is 1. The second-order valence-corrected chi connectivity index (χ2v) is 7.11. The molecule has 1 aliphatic rings. The Morgan fingerprint density at radius 1 is 1.26 bits per heavy atom. The van der Waals surface area contributed by atoms with E-state index in [1.807, 2.05) is 27.7 Å². The second kappa shape index (κ2) is 7.09. The van der Waals surface area contributed by atoms with Crippen molar-refractivity contribution in [2.45, 2.75) is 38.9 Å². The van der Waals surface area contributed by atoms with E-state index in [9.17, 15) is 4.79 Å². The number of aromatic nitrogens is 3. The van der Waals surface area contributed by atoms with Crippen molar-refractivity contribution in [2.24, 2.45) is 5.10 Å². The molecule has 0 aromatic carbocycles. The first-order valence-corrected chi connectivity index (χ1v) is 8.55. The van der Waals surface area contributed by atoms with E-state index in [2.05, 4.69) is 27.0 Å². The molecule has 0 saturated carbocycles. The number of nitrogens with one attached hydrogen (secondary N) is 1. The first-order chi connectivity index (χ1) is 12.7. The van der Waals surface area contributed by atoms with Crippen molar-refractivity contribution in [3.63, 3.8) is 0 Å². The summed E-state index contributed by atoms with van der Waals surface area (Å²) in [6.07, 6.45) is 7.80. The number of carbonyl (C=O) groups excluding carboxylic acids is 1. The Hall–Kier alpha value is -2.78. The lowest BCUT2D eigenvalue weighted by Gasteiger charge is -2.32. The molecule has 0 radical (unpaired) electrons. The van der Waals surface area contributed by atoms with E-state index in [4.69, 9.17) is 9.31 Å². The summed E-state index contributed by atoms with van der Waals surface area (Å²) < 4.78 is 13.3. The fourth-order valence-electron chi connectivity index (χ4n) is 2.44. The van der Waals surface area contributed by atoms with Crippen molar-refractivity contribution < 1.29 is 14.1 Å². The van der Waals surface area contributed by atoms with Gasteiger partial charge in [0.25, 0.3) is 5.91 Å². The van der Waals surface area contributed by atoms with Gasteiger partial charge >= 0.3 is 7.12 Å². The number of hydrogen-bond donors (Lipinski definition) is 1. The topological polar surface area (TPSA) is 90.6 Å². The Morgan fingerprint density at radius 2 is 1.89 bits per heavy atom. The normalized spacial score (nSPS) is 18.0. The molecule has 0 spiro atoms. The summed E-state index contributed by atoms with van der Waals surface area (Å²) in [5.41, 5.74) is -0.395. The molecule has 9 heteroatoms. The highest BCUT2D eigenvalue weighted by molar-refractivity contribution is 6.75. The van der Waals surface area contributed by atoms with E-state index in [0.29, 0.717) is 17.2 Å². The molecule has 1 N–H and O–H groups in total. The number of rotatable bonds is 5. The van der Waals surface area contributed by atoms with Crippen LogP contribution < -0.4 is 5.32 Å². The van der Waals surface area contributed by atoms with Gasteiger partial charge in [0.1, 0.15) is 0 Å². The van der Waals surface area contributed by atoms with Crippen LogP contribution in [-0.2, 0) is 9.31 Å². The van der Waals surface area contributed by atoms with Crippen molar-refractivity contribution in [2.75, 3.05) is 5.32 Å². The van der Waals surface area contributed by atoms with E-state index in [-0.39, 0.29) is 5.91 Å². The Bertz CT molecular complexity index is 860. The lowest BCUT2D eigenvalue weighted by atomic mass is 9.90. The van der Waals surface area contributed by atoms with Gasteiger partial charge in [-0.25, -0.2) is 9.66 Å². The van der Waals surface area contributed by atoms with Crippen molar-refractivity contribution in [3.05, 3.63) is 48.7 Å². The average Bonchev–Trinajstić information content (AvgIpc) is 3.10. The molecule has 27 heavy (non-hydrogen) atoms. The molecular weight excluding hydrogens is 345 g/mol. The van der Waals surface area contributed by atoms with E-state index >= 15 is 0 Å². The zero-order valence-corrected chi connectivity index (χ0v) is 15.8. The van der Waals surface area contributed by atoms with Gasteiger partial charge in [0, 0.05) is 18.0 Å². The number of anilines is 1. The fraction of sp³-hybridized carbons (Fsp3) is 0.333. The molecule has 2 aromatic rings. The highest BCUT2D eigenvalue weighted by Crippen LogP contribution is 2.36. The van der Waals surface area contributed by atoms with Crippen LogP contribution in [0.1, 0.15) is 43.9 Å². The molecule has 1 amide bonds.